The Balaban J connectivity index is 0.000000142. The van der Waals surface area contributed by atoms with Gasteiger partial charge in [-0.15, -0.1) is 0 Å². The lowest BCUT2D eigenvalue weighted by atomic mass is 9.82. The van der Waals surface area contributed by atoms with Crippen LogP contribution in [0.2, 0.25) is 0 Å². The number of imide groups is 6. The number of amides is 12. The van der Waals surface area contributed by atoms with Crippen LogP contribution in [0.3, 0.4) is 0 Å². The predicted octanol–water partition coefficient (Wildman–Crippen LogP) is 28.0. The number of benzene rings is 15. The largest absolute Gasteiger partial charge is 0.274 e. The fourth-order valence-corrected chi connectivity index (χ4v) is 23.2. The van der Waals surface area contributed by atoms with Crippen molar-refractivity contribution in [3.8, 4) is 35.5 Å². The van der Waals surface area contributed by atoms with Crippen LogP contribution in [0, 0.1) is 51.8 Å². The minimum absolute atomic E-state index is 0. The van der Waals surface area contributed by atoms with Gasteiger partial charge in [-0.2, -0.15) is 0 Å². The van der Waals surface area contributed by atoms with Gasteiger partial charge < -0.3 is 0 Å². The van der Waals surface area contributed by atoms with Crippen molar-refractivity contribution in [3.63, 3.8) is 0 Å². The van der Waals surface area contributed by atoms with Crippen molar-refractivity contribution in [3.05, 3.63) is 212 Å². The third kappa shape index (κ3) is 16.8. The van der Waals surface area contributed by atoms with E-state index in [0.29, 0.717) is 155 Å². The molecule has 142 heavy (non-hydrogen) atoms. The predicted molar refractivity (Wildman–Crippen MR) is 571 cm³/mol. The first-order valence-corrected chi connectivity index (χ1v) is 51.5. The van der Waals surface area contributed by atoms with E-state index in [-0.39, 0.29) is 77.7 Å². The smallest absolute Gasteiger partial charge is 0.262 e. The van der Waals surface area contributed by atoms with Gasteiger partial charge in [0, 0.05) is 133 Å². The number of carbonyl (C=O) groups excluding carboxylic acids is 12. The number of carbonyl (C=O) groups is 12. The molecule has 21 rings (SSSR count). The summed E-state index contributed by atoms with van der Waals surface area (Å²) < 4.78 is 0. The highest BCUT2D eigenvalue weighted by Gasteiger charge is 2.44. The number of nitrogens with zero attached hydrogens (tertiary/aromatic N) is 6. The summed E-state index contributed by atoms with van der Waals surface area (Å²) in [5.74, 6) is 13.6. The lowest BCUT2D eigenvalue weighted by molar-refractivity contribution is 0.0558. The Bertz CT molecular complexity index is 7760. The van der Waals surface area contributed by atoms with Crippen molar-refractivity contribution in [2.45, 2.75) is 250 Å². The zero-order valence-corrected chi connectivity index (χ0v) is 84.0. The Morgan fingerprint density at radius 1 is 0.218 bits per heavy atom. The van der Waals surface area contributed by atoms with Gasteiger partial charge in [0.2, 0.25) is 0 Å². The topological polar surface area (TPSA) is 224 Å². The van der Waals surface area contributed by atoms with Gasteiger partial charge in [-0.3, -0.25) is 86.9 Å². The molecule has 6 heterocycles. The van der Waals surface area contributed by atoms with Crippen molar-refractivity contribution in [1.29, 1.82) is 0 Å². The second-order valence-corrected chi connectivity index (χ2v) is 43.4. The minimum atomic E-state index is -0.624. The van der Waals surface area contributed by atoms with Gasteiger partial charge in [0.15, 0.2) is 0 Å². The summed E-state index contributed by atoms with van der Waals surface area (Å²) in [5.41, 5.74) is 7.27. The van der Waals surface area contributed by atoms with E-state index >= 15 is 0 Å². The molecule has 1 unspecified atom stereocenters. The number of hydrogen-bond donors (Lipinski definition) is 0. The SMILES string of the molecule is CC#CC#CC#CC(CCCCCCC)N1C(=O)c2ccc3c4ccc5c6c(ccc(c7ccc(c2c37)C1=O)c64)C(=O)N(CCCCCC(C)(C)C)C5=O.CCCCCN1C(=O)c2ccc3c4ccc5c6c(ccc(c7ccc(c2c37)C1=O)c64)C(=O)N(CCCCCCC(C)(C)C)C5=O.CCCN1C(=O)c2ccc3c4ccc5c6c(ccc(c7ccc(c2c37)C1=O)c64)C(=O)N(CCCCCCC(C)(C)C)C5=O.[HH]. The molecule has 0 saturated carbocycles. The molecular formula is C124H124N6O12. The first-order valence-electron chi connectivity index (χ1n) is 51.5. The maximum Gasteiger partial charge on any atom is 0.262 e. The summed E-state index contributed by atoms with van der Waals surface area (Å²) in [4.78, 5) is 174. The first kappa shape index (κ1) is 96.6. The molecule has 0 fully saturated rings. The normalized spacial score (nSPS) is 14.9. The molecule has 0 aliphatic carbocycles. The third-order valence-electron chi connectivity index (χ3n) is 30.2. The van der Waals surface area contributed by atoms with Gasteiger partial charge >= 0.3 is 0 Å². The molecule has 15 aromatic carbocycles. The van der Waals surface area contributed by atoms with Crippen molar-refractivity contribution >= 4 is 200 Å². The van der Waals surface area contributed by atoms with Gasteiger partial charge in [-0.1, -0.05) is 264 Å². The van der Waals surface area contributed by atoms with E-state index in [2.05, 4.69) is 112 Å². The summed E-state index contributed by atoms with van der Waals surface area (Å²) in [6.07, 6.45) is 23.5. The first-order chi connectivity index (χ1) is 68.3. The average Bonchev–Trinajstić information content (AvgIpc) is 0.694. The molecule has 0 bridgehead atoms. The lowest BCUT2D eigenvalue weighted by Gasteiger charge is -2.32. The molecule has 0 N–H and O–H groups in total. The fraction of sp³-hybridized carbons (Fsp3) is 0.371. The molecule has 0 saturated heterocycles. The Kier molecular flexibility index (Phi) is 26.3. The van der Waals surface area contributed by atoms with Crippen LogP contribution in [0.5, 0.6) is 0 Å². The molecule has 0 spiro atoms. The highest BCUT2D eigenvalue weighted by molar-refractivity contribution is 6.46. The number of unbranched alkanes of at least 4 members (excludes halogenated alkanes) is 14. The van der Waals surface area contributed by atoms with E-state index in [9.17, 15) is 57.5 Å². The molecule has 18 heteroatoms. The van der Waals surface area contributed by atoms with Crippen LogP contribution in [0.1, 0.15) is 370 Å². The quantitative estimate of drug-likeness (QED) is 0.0135. The molecule has 0 radical (unpaired) electrons. The highest BCUT2D eigenvalue weighted by atomic mass is 16.2. The standard InChI is InChI=1S/C48H46N2O4.C39H40N2O4.C37H36N2O4.H2/c1-6-8-10-12-15-19-31(20-16-13-11-9-7-2)50-46(53)38-27-23-34-32-21-25-36-42-37(45(52)49(44(36)51)30-18-14-17-29-48(3,4)5)26-22-33(40(32)42)35-24-28-39(47(50)54)43(38)41(34)35;1-5-6-10-21-40-35(42)27-16-12-23-25-14-18-29-34-30(38(45)41(37(29)44)22-11-8-7-9-20-39(2,3)4)19-15-26(32(25)34)24-13-17-28(36(40)43)33(27)31(23)24;1-5-19-38-33(40)25-14-10-21-23-12-16-27-32-28(36(43)39(35(27)42)20-9-7-6-8-18-37(2,3)4)17-13-24(30(23)32)22-11-15-26(34(38)41)31(25)29(21)22;/h21-28,31H,6,8,10,12,14-15,17-19,29-30H2,1-5H3;12-19H,5-11,20-22H2,1-4H3;10-17H,5-9,18-20H2,1-4H3;1H. The molecule has 6 aliphatic rings. The lowest BCUT2D eigenvalue weighted by Crippen LogP contribution is -2.46. The van der Waals surface area contributed by atoms with Crippen molar-refractivity contribution in [2.75, 3.05) is 32.7 Å². The van der Waals surface area contributed by atoms with Crippen LogP contribution in [0.4, 0.5) is 0 Å². The van der Waals surface area contributed by atoms with E-state index in [4.69, 9.17) is 0 Å². The van der Waals surface area contributed by atoms with E-state index in [1.807, 2.05) is 153 Å². The molecule has 18 nitrogen and oxygen atoms in total. The van der Waals surface area contributed by atoms with Crippen LogP contribution in [-0.4, -0.2) is 139 Å². The maximum absolute atomic E-state index is 14.4. The van der Waals surface area contributed by atoms with E-state index < -0.39 is 6.04 Å². The Hall–Kier alpha value is -14.3. The number of hydrogen-bond acceptors (Lipinski definition) is 12. The third-order valence-corrected chi connectivity index (χ3v) is 30.2. The fourth-order valence-electron chi connectivity index (χ4n) is 23.2. The van der Waals surface area contributed by atoms with E-state index in [1.165, 1.54) is 29.4 Å². The Morgan fingerprint density at radius 3 is 0.648 bits per heavy atom. The van der Waals surface area contributed by atoms with Crippen molar-refractivity contribution < 1.29 is 59.0 Å². The van der Waals surface area contributed by atoms with Crippen LogP contribution in [0.15, 0.2) is 146 Å². The van der Waals surface area contributed by atoms with Crippen LogP contribution >= 0.6 is 0 Å². The number of rotatable bonds is 30. The van der Waals surface area contributed by atoms with Gasteiger partial charge in [0.05, 0.1) is 0 Å². The van der Waals surface area contributed by atoms with Gasteiger partial charge in [0.25, 0.3) is 70.9 Å². The molecule has 12 amide bonds. The zero-order valence-electron chi connectivity index (χ0n) is 84.0. The summed E-state index contributed by atoms with van der Waals surface area (Å²) >= 11 is 0. The molecular weight excluding hydrogens is 1770 g/mol. The molecule has 1 atom stereocenters. The molecule has 6 aliphatic heterocycles. The summed E-state index contributed by atoms with van der Waals surface area (Å²) in [7, 11) is 0. The summed E-state index contributed by atoms with van der Waals surface area (Å²) in [5, 5.41) is 20.1. The second kappa shape index (κ2) is 38.6. The monoisotopic (exact) mass is 1890 g/mol. The average molecular weight is 1890 g/mol. The van der Waals surface area contributed by atoms with E-state index in [1.54, 1.807) is 6.92 Å². The Morgan fingerprint density at radius 2 is 0.415 bits per heavy atom. The number of fused-ring (bicyclic) bond motifs is 6. The molecule has 15 aromatic rings. The molecule has 0 aromatic heterocycles. The highest BCUT2D eigenvalue weighted by Crippen LogP contribution is 2.52. The van der Waals surface area contributed by atoms with Crippen LogP contribution < -0.4 is 0 Å². The van der Waals surface area contributed by atoms with Crippen molar-refractivity contribution in [2.24, 2.45) is 16.2 Å². The maximum atomic E-state index is 14.4. The minimum Gasteiger partial charge on any atom is -0.274 e. The van der Waals surface area contributed by atoms with Gasteiger partial charge in [0.1, 0.15) is 6.04 Å². The summed E-state index contributed by atoms with van der Waals surface area (Å²) in [6.45, 7) is 30.1. The van der Waals surface area contributed by atoms with Gasteiger partial charge in [-0.05, 0) is 274 Å². The second-order valence-electron chi connectivity index (χ2n) is 43.4. The Labute approximate surface area is 830 Å². The van der Waals surface area contributed by atoms with Gasteiger partial charge in [-0.25, -0.2) is 0 Å². The zero-order chi connectivity index (χ0) is 100.0. The van der Waals surface area contributed by atoms with Crippen LogP contribution in [-0.2, 0) is 0 Å². The van der Waals surface area contributed by atoms with Crippen LogP contribution in [0.25, 0.3) is 129 Å². The molecule has 722 valence electrons. The summed E-state index contributed by atoms with van der Waals surface area (Å²) in [6, 6.07) is 44.9. The van der Waals surface area contributed by atoms with Crippen molar-refractivity contribution in [1.82, 2.24) is 29.4 Å². The van der Waals surface area contributed by atoms with E-state index in [0.717, 1.165) is 238 Å².